The monoisotopic (exact) mass is 466 g/mol. The number of ether oxygens (including phenoxy) is 1. The number of carboxylic acid groups (broad SMARTS) is 1. The molecule has 1 rings (SSSR count). The Hall–Kier alpha value is -2.39. The number of hydrogen-bond acceptors (Lipinski definition) is 5. The summed E-state index contributed by atoms with van der Waals surface area (Å²) in [5, 5.41) is 14.6. The summed E-state index contributed by atoms with van der Waals surface area (Å²) in [5.74, 6) is -1.99. The molecule has 2 amide bonds. The van der Waals surface area contributed by atoms with Gasteiger partial charge in [-0.05, 0) is 29.6 Å². The lowest BCUT2D eigenvalue weighted by molar-refractivity contribution is -0.142. The molecule has 180 valence electrons. The van der Waals surface area contributed by atoms with Crippen molar-refractivity contribution in [2.75, 3.05) is 6.61 Å². The van der Waals surface area contributed by atoms with Gasteiger partial charge in [-0.2, -0.15) is 0 Å². The first-order chi connectivity index (χ1) is 14.7. The van der Waals surface area contributed by atoms with Crippen LogP contribution in [0.3, 0.4) is 0 Å². The molecule has 0 saturated carbocycles. The molecule has 0 aliphatic rings. The number of amides is 2. The van der Waals surface area contributed by atoms with E-state index in [9.17, 15) is 19.5 Å². The molecule has 9 heteroatoms. The Bertz CT molecular complexity index is 762. The molecule has 0 fully saturated rings. The van der Waals surface area contributed by atoms with Gasteiger partial charge in [0.25, 0.3) is 0 Å². The van der Waals surface area contributed by atoms with E-state index in [1.807, 2.05) is 30.3 Å². The lowest BCUT2D eigenvalue weighted by Crippen LogP contribution is -2.54. The Balaban J connectivity index is 2.66. The highest BCUT2D eigenvalue weighted by molar-refractivity contribution is 6.74. The Kier molecular flexibility index (Phi) is 10.4. The molecule has 3 N–H and O–H groups in total. The maximum atomic E-state index is 12.8. The van der Waals surface area contributed by atoms with Gasteiger partial charge in [0, 0.05) is 13.0 Å². The van der Waals surface area contributed by atoms with Crippen molar-refractivity contribution >= 4 is 26.3 Å². The van der Waals surface area contributed by atoms with Crippen LogP contribution in [-0.4, -0.2) is 50.1 Å². The predicted octanol–water partition coefficient (Wildman–Crippen LogP) is 3.92. The molecule has 8 nitrogen and oxygen atoms in total. The first-order valence-electron chi connectivity index (χ1n) is 10.9. The average molecular weight is 467 g/mol. The third-order valence-electron chi connectivity index (χ3n) is 5.73. The summed E-state index contributed by atoms with van der Waals surface area (Å²) in [6, 6.07) is 7.13. The van der Waals surface area contributed by atoms with Crippen LogP contribution in [0, 0.1) is 5.92 Å². The minimum Gasteiger partial charge on any atom is -0.480 e. The highest BCUT2D eigenvalue weighted by Gasteiger charge is 2.37. The van der Waals surface area contributed by atoms with Crippen molar-refractivity contribution in [3.8, 4) is 0 Å². The van der Waals surface area contributed by atoms with Gasteiger partial charge in [-0.1, -0.05) is 65.0 Å². The van der Waals surface area contributed by atoms with Gasteiger partial charge in [0.1, 0.15) is 18.7 Å². The molecule has 1 aromatic rings. The molecule has 0 bridgehead atoms. The number of carboxylic acids is 1. The molecular formula is C23H38N2O6Si. The summed E-state index contributed by atoms with van der Waals surface area (Å²) < 4.78 is 11.2. The van der Waals surface area contributed by atoms with Crippen LogP contribution in [0.5, 0.6) is 0 Å². The van der Waals surface area contributed by atoms with Crippen molar-refractivity contribution in [1.29, 1.82) is 0 Å². The molecule has 0 saturated heterocycles. The first kappa shape index (κ1) is 27.6. The van der Waals surface area contributed by atoms with E-state index in [0.29, 0.717) is 0 Å². The summed E-state index contributed by atoms with van der Waals surface area (Å²) in [6.07, 6.45) is -0.604. The lowest BCUT2D eigenvalue weighted by Gasteiger charge is -2.36. The van der Waals surface area contributed by atoms with Crippen LogP contribution in [0.2, 0.25) is 18.1 Å². The number of nitrogens with one attached hydrogen (secondary N) is 2. The van der Waals surface area contributed by atoms with Crippen molar-refractivity contribution in [1.82, 2.24) is 10.6 Å². The molecule has 1 aromatic carbocycles. The number of benzene rings is 1. The van der Waals surface area contributed by atoms with Crippen LogP contribution in [0.15, 0.2) is 30.3 Å². The highest BCUT2D eigenvalue weighted by atomic mass is 28.4. The molecule has 2 atom stereocenters. The van der Waals surface area contributed by atoms with Gasteiger partial charge in [-0.25, -0.2) is 9.59 Å². The van der Waals surface area contributed by atoms with Crippen LogP contribution in [0.4, 0.5) is 4.79 Å². The van der Waals surface area contributed by atoms with E-state index in [0.717, 1.165) is 5.56 Å². The number of rotatable bonds is 11. The molecule has 0 radical (unpaired) electrons. The summed E-state index contributed by atoms with van der Waals surface area (Å²) in [4.78, 5) is 36.6. The Morgan fingerprint density at radius 3 is 2.16 bits per heavy atom. The largest absolute Gasteiger partial charge is 0.480 e. The number of carbonyl (C=O) groups excluding carboxylic acids is 2. The van der Waals surface area contributed by atoms with Gasteiger partial charge in [0.05, 0.1) is 0 Å². The second-order valence-electron chi connectivity index (χ2n) is 9.72. The zero-order chi connectivity index (χ0) is 24.5. The number of alkyl carbamates (subject to hydrolysis) is 1. The first-order valence-corrected chi connectivity index (χ1v) is 13.8. The molecule has 0 aromatic heterocycles. The molecule has 0 aliphatic carbocycles. The fourth-order valence-electron chi connectivity index (χ4n) is 2.59. The van der Waals surface area contributed by atoms with E-state index < -0.39 is 38.4 Å². The van der Waals surface area contributed by atoms with Gasteiger partial charge in [0.2, 0.25) is 5.91 Å². The molecule has 0 spiro atoms. The third kappa shape index (κ3) is 9.00. The molecule has 0 heterocycles. The fourth-order valence-corrected chi connectivity index (χ4v) is 3.66. The van der Waals surface area contributed by atoms with E-state index in [4.69, 9.17) is 9.16 Å². The molecular weight excluding hydrogens is 428 g/mol. The summed E-state index contributed by atoms with van der Waals surface area (Å²) >= 11 is 0. The van der Waals surface area contributed by atoms with E-state index in [1.54, 1.807) is 13.8 Å². The smallest absolute Gasteiger partial charge is 0.408 e. The van der Waals surface area contributed by atoms with Crippen LogP contribution in [-0.2, 0) is 25.4 Å². The van der Waals surface area contributed by atoms with Crippen LogP contribution >= 0.6 is 0 Å². The predicted molar refractivity (Wildman–Crippen MR) is 126 cm³/mol. The van der Waals surface area contributed by atoms with Crippen molar-refractivity contribution < 1.29 is 28.7 Å². The maximum Gasteiger partial charge on any atom is 0.408 e. The fraction of sp³-hybridized carbons (Fsp3) is 0.609. The van der Waals surface area contributed by atoms with Gasteiger partial charge in [0.15, 0.2) is 8.32 Å². The van der Waals surface area contributed by atoms with Gasteiger partial charge in [-0.15, -0.1) is 0 Å². The van der Waals surface area contributed by atoms with Gasteiger partial charge in [-0.3, -0.25) is 4.79 Å². The van der Waals surface area contributed by atoms with E-state index >= 15 is 0 Å². The van der Waals surface area contributed by atoms with Gasteiger partial charge < -0.3 is 24.9 Å². The minimum atomic E-state index is -2.02. The summed E-state index contributed by atoms with van der Waals surface area (Å²) in [7, 11) is -2.02. The van der Waals surface area contributed by atoms with Crippen LogP contribution in [0.25, 0.3) is 0 Å². The highest BCUT2D eigenvalue weighted by Crippen LogP contribution is 2.36. The summed E-state index contributed by atoms with van der Waals surface area (Å²) in [5.41, 5.74) is 0.820. The SMILES string of the molecule is CC(C)[C@@H](NC(=O)OCc1ccccc1)C(=O)N[C@H](CCO[Si](C)(C)C(C)(C)C)C(=O)O. The van der Waals surface area contributed by atoms with E-state index in [1.165, 1.54) is 0 Å². The standard InChI is InChI=1S/C23H38N2O6Si/c1-16(2)19(25-22(29)30-15-17-11-9-8-10-12-17)20(26)24-18(21(27)28)13-14-31-32(6,7)23(3,4)5/h8-12,16,18-19H,13-15H2,1-7H3,(H,24,26)(H,25,29)(H,27,28)/t18-,19-/m1/s1. The third-order valence-corrected chi connectivity index (χ3v) is 10.3. The second kappa shape index (κ2) is 12.0. The number of carbonyl (C=O) groups is 3. The van der Waals surface area contributed by atoms with Crippen molar-refractivity contribution in [3.63, 3.8) is 0 Å². The molecule has 0 aliphatic heterocycles. The maximum absolute atomic E-state index is 12.8. The second-order valence-corrected chi connectivity index (χ2v) is 14.5. The zero-order valence-corrected chi connectivity index (χ0v) is 21.2. The molecule has 0 unspecified atom stereocenters. The minimum absolute atomic E-state index is 0.00172. The lowest BCUT2D eigenvalue weighted by atomic mass is 10.0. The zero-order valence-electron chi connectivity index (χ0n) is 20.2. The number of hydrogen-bond donors (Lipinski definition) is 3. The number of aliphatic carboxylic acids is 1. The van der Waals surface area contributed by atoms with Crippen molar-refractivity contribution in [3.05, 3.63) is 35.9 Å². The van der Waals surface area contributed by atoms with E-state index in [2.05, 4.69) is 44.5 Å². The van der Waals surface area contributed by atoms with Crippen LogP contribution in [0.1, 0.15) is 46.6 Å². The topological polar surface area (TPSA) is 114 Å². The normalized spacial score (nSPS) is 13.9. The van der Waals surface area contributed by atoms with Crippen LogP contribution < -0.4 is 10.6 Å². The van der Waals surface area contributed by atoms with Crippen molar-refractivity contribution in [2.45, 2.75) is 77.9 Å². The quantitative estimate of drug-likeness (QED) is 0.426. The Labute approximate surface area is 192 Å². The van der Waals surface area contributed by atoms with Gasteiger partial charge >= 0.3 is 12.1 Å². The summed E-state index contributed by atoms with van der Waals surface area (Å²) in [6.45, 7) is 14.3. The average Bonchev–Trinajstić information content (AvgIpc) is 2.69. The van der Waals surface area contributed by atoms with Crippen molar-refractivity contribution in [2.24, 2.45) is 5.92 Å². The Morgan fingerprint density at radius 1 is 1.06 bits per heavy atom. The molecule has 32 heavy (non-hydrogen) atoms. The Morgan fingerprint density at radius 2 is 1.66 bits per heavy atom. The van der Waals surface area contributed by atoms with E-state index in [-0.39, 0.29) is 30.6 Å².